The van der Waals surface area contributed by atoms with E-state index in [9.17, 15) is 13.2 Å². The number of anilines is 1. The van der Waals surface area contributed by atoms with Gasteiger partial charge in [0, 0.05) is 30.7 Å². The molecule has 0 bridgehead atoms. The fourth-order valence-electron chi connectivity index (χ4n) is 3.12. The highest BCUT2D eigenvalue weighted by atomic mass is 19.4. The van der Waals surface area contributed by atoms with Gasteiger partial charge in [0.15, 0.2) is 0 Å². The van der Waals surface area contributed by atoms with Gasteiger partial charge < -0.3 is 9.42 Å². The summed E-state index contributed by atoms with van der Waals surface area (Å²) < 4.78 is 42.0. The van der Waals surface area contributed by atoms with Gasteiger partial charge in [-0.2, -0.15) is 18.2 Å². The lowest BCUT2D eigenvalue weighted by Crippen LogP contribution is -2.23. The molecule has 0 N–H and O–H groups in total. The van der Waals surface area contributed by atoms with Crippen LogP contribution in [0.15, 0.2) is 47.4 Å². The van der Waals surface area contributed by atoms with E-state index in [1.807, 2.05) is 12.1 Å². The molecule has 4 rings (SSSR count). The highest BCUT2D eigenvalue weighted by Gasteiger charge is 2.38. The van der Waals surface area contributed by atoms with Crippen LogP contribution in [0.25, 0.3) is 11.4 Å². The molecule has 9 heteroatoms. The van der Waals surface area contributed by atoms with Crippen LogP contribution < -0.4 is 4.90 Å². The molecule has 1 aliphatic rings. The van der Waals surface area contributed by atoms with Crippen molar-refractivity contribution >= 4 is 5.82 Å². The van der Waals surface area contributed by atoms with E-state index in [0.717, 1.165) is 30.8 Å². The van der Waals surface area contributed by atoms with Crippen LogP contribution >= 0.6 is 0 Å². The van der Waals surface area contributed by atoms with Crippen molar-refractivity contribution in [1.29, 1.82) is 0 Å². The summed E-state index contributed by atoms with van der Waals surface area (Å²) in [7, 11) is 0. The summed E-state index contributed by atoms with van der Waals surface area (Å²) in [4.78, 5) is 14.0. The fraction of sp³-hybridized carbons (Fsp3) is 0.294. The van der Waals surface area contributed by atoms with E-state index < -0.39 is 12.1 Å². The quantitative estimate of drug-likeness (QED) is 0.705. The van der Waals surface area contributed by atoms with Gasteiger partial charge in [-0.3, -0.25) is 4.98 Å². The molecule has 4 heterocycles. The van der Waals surface area contributed by atoms with Crippen LogP contribution in [-0.2, 0) is 6.18 Å². The van der Waals surface area contributed by atoms with Gasteiger partial charge in [0.1, 0.15) is 5.82 Å². The van der Waals surface area contributed by atoms with E-state index in [-0.39, 0.29) is 11.9 Å². The molecule has 1 unspecified atom stereocenters. The molecule has 0 radical (unpaired) electrons. The van der Waals surface area contributed by atoms with Crippen molar-refractivity contribution in [2.45, 2.75) is 25.1 Å². The predicted octanol–water partition coefficient (Wildman–Crippen LogP) is 3.89. The number of nitrogens with zero attached hydrogens (tertiary/aromatic N) is 5. The first-order valence-electron chi connectivity index (χ1n) is 8.06. The Morgan fingerprint density at radius 1 is 1.12 bits per heavy atom. The molecule has 0 amide bonds. The Labute approximate surface area is 146 Å². The van der Waals surface area contributed by atoms with Crippen molar-refractivity contribution in [2.24, 2.45) is 0 Å². The average Bonchev–Trinajstić information content (AvgIpc) is 3.32. The summed E-state index contributed by atoms with van der Waals surface area (Å²) in [5.74, 6) is -0.745. The molecule has 1 saturated heterocycles. The summed E-state index contributed by atoms with van der Waals surface area (Å²) in [6, 6.07) is 7.58. The van der Waals surface area contributed by atoms with Gasteiger partial charge in [-0.15, -0.1) is 0 Å². The zero-order valence-electron chi connectivity index (χ0n) is 13.5. The smallest absolute Gasteiger partial charge is 0.350 e. The Morgan fingerprint density at radius 2 is 1.92 bits per heavy atom. The average molecular weight is 361 g/mol. The molecule has 3 aromatic heterocycles. The molecule has 0 aliphatic carbocycles. The third-order valence-corrected chi connectivity index (χ3v) is 4.31. The number of halogens is 3. The van der Waals surface area contributed by atoms with E-state index >= 15 is 0 Å². The third-order valence-electron chi connectivity index (χ3n) is 4.31. The molecular weight excluding hydrogens is 347 g/mol. The minimum absolute atomic E-state index is 0.136. The molecule has 6 nitrogen and oxygen atoms in total. The van der Waals surface area contributed by atoms with Crippen molar-refractivity contribution in [1.82, 2.24) is 20.1 Å². The highest BCUT2D eigenvalue weighted by molar-refractivity contribution is 5.56. The van der Waals surface area contributed by atoms with Crippen LogP contribution in [0.2, 0.25) is 0 Å². The molecule has 1 aliphatic heterocycles. The number of rotatable bonds is 3. The lowest BCUT2D eigenvalue weighted by Gasteiger charge is -2.26. The first-order chi connectivity index (χ1) is 12.5. The fourth-order valence-corrected chi connectivity index (χ4v) is 3.12. The van der Waals surface area contributed by atoms with Crippen LogP contribution in [0.4, 0.5) is 19.0 Å². The summed E-state index contributed by atoms with van der Waals surface area (Å²) in [5, 5.41) is 3.38. The van der Waals surface area contributed by atoms with Gasteiger partial charge in [0.05, 0.1) is 6.04 Å². The molecular formula is C17H14F3N5O. The molecule has 0 spiro atoms. The highest BCUT2D eigenvalue weighted by Crippen LogP contribution is 2.35. The second-order valence-electron chi connectivity index (χ2n) is 5.96. The normalized spacial score (nSPS) is 17.7. The van der Waals surface area contributed by atoms with E-state index in [0.29, 0.717) is 5.56 Å². The minimum Gasteiger partial charge on any atom is -0.350 e. The SMILES string of the molecule is FC(F)(F)c1nc(-c2ccc(N3CCCC3c3ccncc3)nc2)no1. The first kappa shape index (κ1) is 16.5. The van der Waals surface area contributed by atoms with Crippen molar-refractivity contribution in [3.8, 4) is 11.4 Å². The van der Waals surface area contributed by atoms with Gasteiger partial charge in [0.25, 0.3) is 0 Å². The molecule has 1 fully saturated rings. The predicted molar refractivity (Wildman–Crippen MR) is 86.1 cm³/mol. The maximum atomic E-state index is 12.6. The Balaban J connectivity index is 1.57. The molecule has 0 saturated carbocycles. The van der Waals surface area contributed by atoms with Gasteiger partial charge in [-0.1, -0.05) is 5.16 Å². The van der Waals surface area contributed by atoms with Gasteiger partial charge in [0.2, 0.25) is 5.82 Å². The van der Waals surface area contributed by atoms with E-state index in [1.165, 1.54) is 6.20 Å². The summed E-state index contributed by atoms with van der Waals surface area (Å²) in [6.07, 6.45) is 2.37. The van der Waals surface area contributed by atoms with Crippen molar-refractivity contribution in [3.63, 3.8) is 0 Å². The second-order valence-corrected chi connectivity index (χ2v) is 5.96. The molecule has 3 aromatic rings. The Hall–Kier alpha value is -2.97. The van der Waals surface area contributed by atoms with Crippen molar-refractivity contribution in [3.05, 3.63) is 54.3 Å². The molecule has 134 valence electrons. The van der Waals surface area contributed by atoms with E-state index in [2.05, 4.69) is 29.5 Å². The standard InChI is InChI=1S/C17H14F3N5O/c18-17(19,20)16-23-15(24-26-16)12-3-4-14(22-10-12)25-9-1-2-13(25)11-5-7-21-8-6-11/h3-8,10,13H,1-2,9H2. The van der Waals surface area contributed by atoms with Gasteiger partial charge >= 0.3 is 12.1 Å². The lowest BCUT2D eigenvalue weighted by molar-refractivity contribution is -0.159. The zero-order chi connectivity index (χ0) is 18.1. The molecule has 0 aromatic carbocycles. The van der Waals surface area contributed by atoms with Crippen LogP contribution in [0, 0.1) is 0 Å². The van der Waals surface area contributed by atoms with Crippen LogP contribution in [0.3, 0.4) is 0 Å². The summed E-state index contributed by atoms with van der Waals surface area (Å²) >= 11 is 0. The Kier molecular flexibility index (Phi) is 4.06. The molecule has 26 heavy (non-hydrogen) atoms. The summed E-state index contributed by atoms with van der Waals surface area (Å²) in [6.45, 7) is 0.861. The Bertz CT molecular complexity index is 879. The lowest BCUT2D eigenvalue weighted by atomic mass is 10.1. The van der Waals surface area contributed by atoms with Crippen LogP contribution in [-0.4, -0.2) is 26.7 Å². The number of hydrogen-bond acceptors (Lipinski definition) is 6. The molecule has 1 atom stereocenters. The van der Waals surface area contributed by atoms with Crippen molar-refractivity contribution < 1.29 is 17.7 Å². The van der Waals surface area contributed by atoms with E-state index in [1.54, 1.807) is 24.5 Å². The van der Waals surface area contributed by atoms with E-state index in [4.69, 9.17) is 0 Å². The third kappa shape index (κ3) is 3.12. The largest absolute Gasteiger partial charge is 0.471 e. The second kappa shape index (κ2) is 6.40. The topological polar surface area (TPSA) is 67.9 Å². The maximum Gasteiger partial charge on any atom is 0.471 e. The summed E-state index contributed by atoms with van der Waals surface area (Å²) in [5.41, 5.74) is 1.53. The van der Waals surface area contributed by atoms with Gasteiger partial charge in [-0.25, -0.2) is 4.98 Å². The monoisotopic (exact) mass is 361 g/mol. The minimum atomic E-state index is -4.66. The van der Waals surface area contributed by atoms with Crippen LogP contribution in [0.5, 0.6) is 0 Å². The number of hydrogen-bond donors (Lipinski definition) is 0. The first-order valence-corrected chi connectivity index (χ1v) is 8.06. The van der Waals surface area contributed by atoms with Gasteiger partial charge in [-0.05, 0) is 42.7 Å². The number of pyridine rings is 2. The number of aromatic nitrogens is 4. The Morgan fingerprint density at radius 3 is 2.58 bits per heavy atom. The van der Waals surface area contributed by atoms with Crippen molar-refractivity contribution in [2.75, 3.05) is 11.4 Å². The van der Waals surface area contributed by atoms with Crippen LogP contribution in [0.1, 0.15) is 30.3 Å². The maximum absolute atomic E-state index is 12.6. The number of alkyl halides is 3. The zero-order valence-corrected chi connectivity index (χ0v) is 13.5.